The molecule has 1 rings (SSSR count). The number of rotatable bonds is 2. The van der Waals surface area contributed by atoms with Gasteiger partial charge in [-0.3, -0.25) is 0 Å². The normalized spacial score (nSPS) is 22.7. The van der Waals surface area contributed by atoms with E-state index in [9.17, 15) is 5.11 Å². The molecule has 0 heterocycles. The van der Waals surface area contributed by atoms with Crippen LogP contribution >= 0.6 is 15.9 Å². The summed E-state index contributed by atoms with van der Waals surface area (Å²) in [6.07, 6.45) is 5.52. The Balaban J connectivity index is 0.000000921. The first-order valence-electron chi connectivity index (χ1n) is 5.43. The Kier molecular flexibility index (Phi) is 7.79. The molecule has 0 aliphatic heterocycles. The minimum atomic E-state index is -0.416. The maximum atomic E-state index is 9.50. The number of aliphatic hydroxyl groups excluding tert-OH is 1. The highest BCUT2D eigenvalue weighted by molar-refractivity contribution is 9.09. The fraction of sp³-hybridized carbons (Fsp3) is 0.667. The highest BCUT2D eigenvalue weighted by atomic mass is 79.9. The molecule has 88 valence electrons. The highest BCUT2D eigenvalue weighted by Crippen LogP contribution is 2.26. The van der Waals surface area contributed by atoms with E-state index >= 15 is 0 Å². The second kappa shape index (κ2) is 7.94. The van der Waals surface area contributed by atoms with Crippen LogP contribution in [0.5, 0.6) is 0 Å². The van der Waals surface area contributed by atoms with Crippen LogP contribution in [0.3, 0.4) is 0 Å². The first kappa shape index (κ1) is 14.7. The van der Waals surface area contributed by atoms with Gasteiger partial charge < -0.3 is 9.84 Å². The fourth-order valence-electron chi connectivity index (χ4n) is 1.38. The van der Waals surface area contributed by atoms with Crippen LogP contribution < -0.4 is 0 Å². The van der Waals surface area contributed by atoms with E-state index in [0.29, 0.717) is 0 Å². The van der Waals surface area contributed by atoms with E-state index in [1.54, 1.807) is 14.0 Å². The number of alkyl halides is 1. The molecule has 2 atom stereocenters. The van der Waals surface area contributed by atoms with Crippen LogP contribution in [0.25, 0.3) is 0 Å². The quantitative estimate of drug-likeness (QED) is 0.784. The number of aliphatic hydroxyl groups is 1. The van der Waals surface area contributed by atoms with Crippen molar-refractivity contribution in [3.8, 4) is 0 Å². The zero-order chi connectivity index (χ0) is 11.8. The van der Waals surface area contributed by atoms with E-state index in [2.05, 4.69) is 15.9 Å². The molecule has 3 heteroatoms. The molecule has 0 fully saturated rings. The Morgan fingerprint density at radius 3 is 2.60 bits per heavy atom. The fourth-order valence-corrected chi connectivity index (χ4v) is 2.16. The van der Waals surface area contributed by atoms with Crippen LogP contribution in [0.1, 0.15) is 33.6 Å². The molecule has 0 aromatic rings. The third-order valence-electron chi connectivity index (χ3n) is 2.15. The largest absolute Gasteiger partial charge is 0.497 e. The molecule has 2 nitrogen and oxygen atoms in total. The summed E-state index contributed by atoms with van der Waals surface area (Å²) in [5.41, 5.74) is 0.991. The Morgan fingerprint density at radius 2 is 2.13 bits per heavy atom. The van der Waals surface area contributed by atoms with Gasteiger partial charge in [-0.2, -0.15) is 0 Å². The molecule has 1 aliphatic carbocycles. The highest BCUT2D eigenvalue weighted by Gasteiger charge is 2.17. The smallest absolute Gasteiger partial charge is 0.114 e. The van der Waals surface area contributed by atoms with E-state index < -0.39 is 6.10 Å². The zero-order valence-electron chi connectivity index (χ0n) is 9.96. The molecule has 0 amide bonds. The lowest BCUT2D eigenvalue weighted by Crippen LogP contribution is -2.14. The van der Waals surface area contributed by atoms with Gasteiger partial charge >= 0.3 is 0 Å². The summed E-state index contributed by atoms with van der Waals surface area (Å²) in [5.74, 6) is 0.845. The lowest BCUT2D eigenvalue weighted by molar-refractivity contribution is 0.226. The van der Waals surface area contributed by atoms with Crippen molar-refractivity contribution in [1.29, 1.82) is 0 Å². The Labute approximate surface area is 101 Å². The van der Waals surface area contributed by atoms with Crippen molar-refractivity contribution < 1.29 is 9.84 Å². The van der Waals surface area contributed by atoms with Crippen LogP contribution in [-0.2, 0) is 4.74 Å². The lowest BCUT2D eigenvalue weighted by atomic mass is 10.1. The van der Waals surface area contributed by atoms with E-state index in [1.807, 2.05) is 26.0 Å². The number of halogens is 1. The van der Waals surface area contributed by atoms with Crippen molar-refractivity contribution in [2.75, 3.05) is 7.11 Å². The molecule has 0 aromatic heterocycles. The number of ether oxygens (including phenoxy) is 1. The average molecular weight is 277 g/mol. The molecule has 0 radical (unpaired) electrons. The van der Waals surface area contributed by atoms with E-state index in [-0.39, 0.29) is 4.83 Å². The van der Waals surface area contributed by atoms with Crippen LogP contribution in [0.15, 0.2) is 23.5 Å². The summed E-state index contributed by atoms with van der Waals surface area (Å²) >= 11 is 3.54. The summed E-state index contributed by atoms with van der Waals surface area (Å²) < 4.78 is 5.15. The molecule has 0 spiro atoms. The molecule has 15 heavy (non-hydrogen) atoms. The standard InChI is InChI=1S/C10H15BrO2.C2H6/c1-7(12)9-6-8(13-2)4-3-5-10(9)11;1-2/h4,6-7,10,12H,3,5H2,1-2H3;1-2H3. The van der Waals surface area contributed by atoms with Crippen molar-refractivity contribution >= 4 is 15.9 Å². The first-order valence-corrected chi connectivity index (χ1v) is 6.34. The molecule has 2 unspecified atom stereocenters. The van der Waals surface area contributed by atoms with Crippen LogP contribution in [0, 0.1) is 0 Å². The summed E-state index contributed by atoms with van der Waals surface area (Å²) in [6.45, 7) is 5.78. The minimum absolute atomic E-state index is 0.261. The zero-order valence-corrected chi connectivity index (χ0v) is 11.5. The van der Waals surface area contributed by atoms with Crippen LogP contribution in [-0.4, -0.2) is 23.1 Å². The second-order valence-electron chi connectivity index (χ2n) is 3.18. The Morgan fingerprint density at radius 1 is 1.53 bits per heavy atom. The van der Waals surface area contributed by atoms with Gasteiger partial charge in [-0.1, -0.05) is 29.8 Å². The molecular weight excluding hydrogens is 256 g/mol. The topological polar surface area (TPSA) is 29.5 Å². The molecule has 0 saturated heterocycles. The van der Waals surface area contributed by atoms with Crippen molar-refractivity contribution in [2.24, 2.45) is 0 Å². The van der Waals surface area contributed by atoms with E-state index in [1.165, 1.54) is 0 Å². The first-order chi connectivity index (χ1) is 7.15. The van der Waals surface area contributed by atoms with Gasteiger partial charge in [-0.05, 0) is 37.5 Å². The van der Waals surface area contributed by atoms with Crippen molar-refractivity contribution in [1.82, 2.24) is 0 Å². The predicted octanol–water partition coefficient (Wildman–Crippen LogP) is 3.41. The van der Waals surface area contributed by atoms with Crippen LogP contribution in [0.2, 0.25) is 0 Å². The Hall–Kier alpha value is -0.280. The predicted molar refractivity (Wildman–Crippen MR) is 68.2 cm³/mol. The van der Waals surface area contributed by atoms with Gasteiger partial charge in [0.2, 0.25) is 0 Å². The molecule has 0 saturated carbocycles. The SMILES string of the molecule is CC.COC1=CCCC(Br)C(C(C)O)=C1. The average Bonchev–Trinajstić information content (AvgIpc) is 2.43. The summed E-state index contributed by atoms with van der Waals surface area (Å²) in [4.78, 5) is 0.261. The van der Waals surface area contributed by atoms with E-state index in [0.717, 1.165) is 24.2 Å². The molecule has 0 bridgehead atoms. The summed E-state index contributed by atoms with van der Waals surface area (Å²) in [5, 5.41) is 9.50. The van der Waals surface area contributed by atoms with Crippen LogP contribution in [0.4, 0.5) is 0 Å². The van der Waals surface area contributed by atoms with Crippen molar-refractivity contribution in [3.05, 3.63) is 23.5 Å². The third kappa shape index (κ3) is 4.85. The number of hydrogen-bond donors (Lipinski definition) is 1. The molecule has 1 N–H and O–H groups in total. The molecular formula is C12H21BrO2. The maximum absolute atomic E-state index is 9.50. The van der Waals surface area contributed by atoms with Gasteiger partial charge in [-0.15, -0.1) is 0 Å². The molecule has 0 aromatic carbocycles. The van der Waals surface area contributed by atoms with Gasteiger partial charge in [0.05, 0.1) is 13.2 Å². The Bertz CT molecular complexity index is 232. The number of methoxy groups -OCH3 is 1. The second-order valence-corrected chi connectivity index (χ2v) is 4.28. The van der Waals surface area contributed by atoms with Gasteiger partial charge in [0.25, 0.3) is 0 Å². The van der Waals surface area contributed by atoms with Gasteiger partial charge in [0, 0.05) is 4.83 Å². The van der Waals surface area contributed by atoms with Crippen molar-refractivity contribution in [2.45, 2.75) is 44.5 Å². The van der Waals surface area contributed by atoms with Crippen molar-refractivity contribution in [3.63, 3.8) is 0 Å². The summed E-state index contributed by atoms with van der Waals surface area (Å²) in [6, 6.07) is 0. The number of hydrogen-bond acceptors (Lipinski definition) is 2. The third-order valence-corrected chi connectivity index (χ3v) is 3.14. The molecule has 1 aliphatic rings. The summed E-state index contributed by atoms with van der Waals surface area (Å²) in [7, 11) is 1.65. The van der Waals surface area contributed by atoms with Gasteiger partial charge in [0.15, 0.2) is 0 Å². The monoisotopic (exact) mass is 276 g/mol. The van der Waals surface area contributed by atoms with E-state index in [4.69, 9.17) is 4.74 Å². The van der Waals surface area contributed by atoms with Gasteiger partial charge in [0.1, 0.15) is 5.76 Å². The lowest BCUT2D eigenvalue weighted by Gasteiger charge is -2.14. The van der Waals surface area contributed by atoms with Gasteiger partial charge in [-0.25, -0.2) is 0 Å². The number of allylic oxidation sites excluding steroid dienone is 2. The minimum Gasteiger partial charge on any atom is -0.497 e. The maximum Gasteiger partial charge on any atom is 0.114 e.